The molecule has 0 bridgehead atoms. The highest BCUT2D eigenvalue weighted by molar-refractivity contribution is 5.89. The van der Waals surface area contributed by atoms with Gasteiger partial charge in [-0.05, 0) is 41.4 Å². The summed E-state index contributed by atoms with van der Waals surface area (Å²) in [6, 6.07) is 15.3. The Kier molecular flexibility index (Phi) is 7.87. The van der Waals surface area contributed by atoms with E-state index in [0.29, 0.717) is 17.6 Å². The van der Waals surface area contributed by atoms with Crippen molar-refractivity contribution in [2.45, 2.75) is 54.9 Å². The molecule has 1 aliphatic rings. The Bertz CT molecular complexity index is 1140. The van der Waals surface area contributed by atoms with Gasteiger partial charge in [-0.1, -0.05) is 78.8 Å². The smallest absolute Gasteiger partial charge is 0.138 e. The van der Waals surface area contributed by atoms with Crippen LogP contribution in [0.15, 0.2) is 82.4 Å². The lowest BCUT2D eigenvalue weighted by molar-refractivity contribution is 0.161. The molecule has 0 radical (unpaired) electrons. The van der Waals surface area contributed by atoms with Crippen LogP contribution in [0.25, 0.3) is 5.57 Å². The molecule has 0 unspecified atom stereocenters. The molecule has 2 rings (SSSR count). The molecule has 1 heterocycles. The molecule has 0 N–H and O–H groups in total. The molecule has 0 aromatic heterocycles. The number of hydrogen-bond acceptors (Lipinski definition) is 4. The third-order valence-corrected chi connectivity index (χ3v) is 5.27. The van der Waals surface area contributed by atoms with Crippen LogP contribution < -0.4 is 0 Å². The van der Waals surface area contributed by atoms with Crippen molar-refractivity contribution in [3.05, 3.63) is 87.9 Å². The molecule has 168 valence electrons. The van der Waals surface area contributed by atoms with Crippen LogP contribution in [0.3, 0.4) is 0 Å². The van der Waals surface area contributed by atoms with Crippen molar-refractivity contribution in [2.24, 2.45) is 10.8 Å². The fourth-order valence-electron chi connectivity index (χ4n) is 3.33. The Morgan fingerprint density at radius 3 is 1.76 bits per heavy atom. The molecule has 4 heteroatoms. The average molecular weight is 438 g/mol. The van der Waals surface area contributed by atoms with Crippen LogP contribution in [-0.2, 0) is 4.74 Å². The first kappa shape index (κ1) is 25.5. The maximum Gasteiger partial charge on any atom is 0.138 e. The molecule has 0 aliphatic carbocycles. The highest BCUT2D eigenvalue weighted by atomic mass is 16.5. The van der Waals surface area contributed by atoms with Crippen LogP contribution >= 0.6 is 0 Å². The lowest BCUT2D eigenvalue weighted by Gasteiger charge is -2.33. The van der Waals surface area contributed by atoms with Crippen LogP contribution in [0.2, 0.25) is 0 Å². The number of benzene rings is 1. The normalized spacial score (nSPS) is 14.1. The molecule has 1 aromatic rings. The van der Waals surface area contributed by atoms with E-state index >= 15 is 0 Å². The van der Waals surface area contributed by atoms with Crippen molar-refractivity contribution in [2.75, 3.05) is 0 Å². The van der Waals surface area contributed by atoms with Crippen molar-refractivity contribution in [1.29, 1.82) is 15.8 Å². The van der Waals surface area contributed by atoms with Crippen LogP contribution in [-0.4, -0.2) is 0 Å². The number of ether oxygens (including phenoxy) is 1. The summed E-state index contributed by atoms with van der Waals surface area (Å²) in [7, 11) is 0. The number of rotatable bonds is 4. The lowest BCUT2D eigenvalue weighted by Crippen LogP contribution is -2.21. The van der Waals surface area contributed by atoms with Gasteiger partial charge in [0.15, 0.2) is 0 Å². The van der Waals surface area contributed by atoms with Crippen molar-refractivity contribution in [3.8, 4) is 18.2 Å². The average Bonchev–Trinajstić information content (AvgIpc) is 2.78. The van der Waals surface area contributed by atoms with Crippen LogP contribution in [0.4, 0.5) is 0 Å². The van der Waals surface area contributed by atoms with Gasteiger partial charge in [-0.15, -0.1) is 0 Å². The van der Waals surface area contributed by atoms with Gasteiger partial charge in [0.1, 0.15) is 29.2 Å². The van der Waals surface area contributed by atoms with Crippen LogP contribution in [0.1, 0.15) is 60.5 Å². The Morgan fingerprint density at radius 1 is 0.848 bits per heavy atom. The Morgan fingerprint density at radius 2 is 1.36 bits per heavy atom. The number of hydrogen-bond donors (Lipinski definition) is 0. The van der Waals surface area contributed by atoms with Gasteiger partial charge < -0.3 is 4.74 Å². The van der Waals surface area contributed by atoms with Crippen LogP contribution in [0, 0.1) is 44.8 Å². The monoisotopic (exact) mass is 437 g/mol. The van der Waals surface area contributed by atoms with Gasteiger partial charge in [-0.2, -0.15) is 15.8 Å². The molecule has 0 fully saturated rings. The van der Waals surface area contributed by atoms with E-state index in [0.717, 1.165) is 22.7 Å². The molecular formula is C29H31N3O. The summed E-state index contributed by atoms with van der Waals surface area (Å²) in [5.74, 6) is 1.72. The summed E-state index contributed by atoms with van der Waals surface area (Å²) in [5, 5.41) is 29.2. The maximum absolute atomic E-state index is 10.1. The van der Waals surface area contributed by atoms with Crippen molar-refractivity contribution < 1.29 is 4.74 Å². The van der Waals surface area contributed by atoms with Crippen molar-refractivity contribution in [1.82, 2.24) is 0 Å². The fourth-order valence-corrected chi connectivity index (χ4v) is 3.33. The van der Waals surface area contributed by atoms with Gasteiger partial charge in [0.05, 0.1) is 11.6 Å². The first-order valence-corrected chi connectivity index (χ1v) is 11.0. The van der Waals surface area contributed by atoms with E-state index in [1.54, 1.807) is 18.2 Å². The SMILES string of the molecule is CCC(/C=C(\C#N)C(=C(C#N)C#N)c1ccccc1)=C1C=C(C(C)(C)C)OC(C(C)(C)C)=C1. The Hall–Kier alpha value is -3.81. The standard InChI is InChI=1S/C29H31N3O/c1-8-20(22-15-25(28(2,3)4)33-26(16-22)29(5,6)7)14-23(17-30)27(24(18-31)19-32)21-12-10-9-11-13-21/h9-16H,8H2,1-7H3/b23-14+. The zero-order chi connectivity index (χ0) is 24.8. The summed E-state index contributed by atoms with van der Waals surface area (Å²) in [5.41, 5.74) is 2.72. The summed E-state index contributed by atoms with van der Waals surface area (Å²) in [4.78, 5) is 0. The third-order valence-electron chi connectivity index (χ3n) is 5.27. The van der Waals surface area contributed by atoms with Crippen molar-refractivity contribution in [3.63, 3.8) is 0 Å². The Balaban J connectivity index is 2.84. The third kappa shape index (κ3) is 6.12. The largest absolute Gasteiger partial charge is 0.465 e. The highest BCUT2D eigenvalue weighted by Gasteiger charge is 2.29. The predicted octanol–water partition coefficient (Wildman–Crippen LogP) is 7.53. The van der Waals surface area contributed by atoms with E-state index in [1.165, 1.54) is 0 Å². The topological polar surface area (TPSA) is 80.6 Å². The minimum absolute atomic E-state index is 0.0849. The number of allylic oxidation sites excluding steroid dienone is 10. The van der Waals surface area contributed by atoms with E-state index in [-0.39, 0.29) is 22.0 Å². The van der Waals surface area contributed by atoms with Crippen LogP contribution in [0.5, 0.6) is 0 Å². The number of nitrogens with zero attached hydrogens (tertiary/aromatic N) is 3. The maximum atomic E-state index is 10.1. The summed E-state index contributed by atoms with van der Waals surface area (Å²) in [6.45, 7) is 14.7. The van der Waals surface area contributed by atoms with Crippen molar-refractivity contribution >= 4 is 5.57 Å². The molecule has 0 spiro atoms. The molecule has 1 aromatic carbocycles. The summed E-state index contributed by atoms with van der Waals surface area (Å²) < 4.78 is 6.27. The first-order chi connectivity index (χ1) is 15.5. The minimum atomic E-state index is -0.194. The van der Waals surface area contributed by atoms with E-state index < -0.39 is 0 Å². The molecule has 0 saturated heterocycles. The van der Waals surface area contributed by atoms with E-state index in [2.05, 4.69) is 47.6 Å². The predicted molar refractivity (Wildman–Crippen MR) is 132 cm³/mol. The molecular weight excluding hydrogens is 406 g/mol. The van der Waals surface area contributed by atoms with Gasteiger partial charge in [-0.25, -0.2) is 0 Å². The van der Waals surface area contributed by atoms with E-state index in [9.17, 15) is 15.8 Å². The minimum Gasteiger partial charge on any atom is -0.465 e. The molecule has 4 nitrogen and oxygen atoms in total. The zero-order valence-electron chi connectivity index (χ0n) is 20.6. The number of nitriles is 3. The van der Waals surface area contributed by atoms with E-state index in [4.69, 9.17) is 4.74 Å². The lowest BCUT2D eigenvalue weighted by atomic mass is 9.85. The molecule has 0 saturated carbocycles. The van der Waals surface area contributed by atoms with Gasteiger partial charge in [0.25, 0.3) is 0 Å². The second kappa shape index (κ2) is 10.2. The van der Waals surface area contributed by atoms with Gasteiger partial charge in [-0.3, -0.25) is 0 Å². The summed E-state index contributed by atoms with van der Waals surface area (Å²) >= 11 is 0. The quantitative estimate of drug-likeness (QED) is 0.360. The van der Waals surface area contributed by atoms with E-state index in [1.807, 2.05) is 49.4 Å². The van der Waals surface area contributed by atoms with Gasteiger partial charge in [0, 0.05) is 16.4 Å². The fraction of sp³-hybridized carbons (Fsp3) is 0.345. The molecule has 1 aliphatic heterocycles. The Labute approximate surface area is 198 Å². The molecule has 0 amide bonds. The zero-order valence-corrected chi connectivity index (χ0v) is 20.6. The summed E-state index contributed by atoms with van der Waals surface area (Å²) in [6.07, 6.45) is 6.52. The highest BCUT2D eigenvalue weighted by Crippen LogP contribution is 2.40. The van der Waals surface area contributed by atoms with Gasteiger partial charge >= 0.3 is 0 Å². The second-order valence-electron chi connectivity index (χ2n) is 9.96. The van der Waals surface area contributed by atoms with Gasteiger partial charge in [0.2, 0.25) is 0 Å². The first-order valence-electron chi connectivity index (χ1n) is 11.0. The molecule has 33 heavy (non-hydrogen) atoms. The molecule has 0 atom stereocenters. The second-order valence-corrected chi connectivity index (χ2v) is 9.96.